The number of carboxylic acids is 1. The van der Waals surface area contributed by atoms with E-state index in [-0.39, 0.29) is 0 Å². The first-order valence-corrected chi connectivity index (χ1v) is 3.88. The molecule has 1 aromatic heterocycles. The van der Waals surface area contributed by atoms with E-state index in [1.165, 1.54) is 7.11 Å². The first-order valence-electron chi connectivity index (χ1n) is 3.88. The highest BCUT2D eigenvalue weighted by Crippen LogP contribution is 2.23. The molecule has 1 heterocycles. The fraction of sp³-hybridized carbons (Fsp3) is 0.333. The second-order valence-corrected chi connectivity index (χ2v) is 2.66. The molecular formula is C9H11NO3. The smallest absolute Gasteiger partial charge is 0.310 e. The number of rotatable bonds is 3. The SMILES string of the molecule is COc1ncccc1C(C)C(=O)O. The van der Waals surface area contributed by atoms with Crippen LogP contribution in [0.4, 0.5) is 0 Å². The third kappa shape index (κ3) is 1.96. The van der Waals surface area contributed by atoms with E-state index in [4.69, 9.17) is 9.84 Å². The van der Waals surface area contributed by atoms with Crippen LogP contribution in [0.3, 0.4) is 0 Å². The summed E-state index contributed by atoms with van der Waals surface area (Å²) in [6.45, 7) is 1.60. The molecule has 1 rings (SSSR count). The first kappa shape index (κ1) is 9.51. The van der Waals surface area contributed by atoms with Crippen LogP contribution in [-0.2, 0) is 4.79 Å². The van der Waals surface area contributed by atoms with Crippen molar-refractivity contribution in [3.05, 3.63) is 23.9 Å². The minimum atomic E-state index is -0.883. The monoisotopic (exact) mass is 181 g/mol. The highest BCUT2D eigenvalue weighted by atomic mass is 16.5. The molecule has 0 amide bonds. The zero-order valence-electron chi connectivity index (χ0n) is 7.52. The molecule has 1 N–H and O–H groups in total. The zero-order valence-corrected chi connectivity index (χ0v) is 7.52. The van der Waals surface area contributed by atoms with Crippen molar-refractivity contribution in [2.75, 3.05) is 7.11 Å². The Morgan fingerprint density at radius 2 is 2.38 bits per heavy atom. The van der Waals surface area contributed by atoms with Crippen molar-refractivity contribution >= 4 is 5.97 Å². The highest BCUT2D eigenvalue weighted by molar-refractivity contribution is 5.76. The van der Waals surface area contributed by atoms with Crippen LogP contribution < -0.4 is 4.74 Å². The molecule has 0 saturated carbocycles. The van der Waals surface area contributed by atoms with Crippen LogP contribution in [0.2, 0.25) is 0 Å². The van der Waals surface area contributed by atoms with Crippen molar-refractivity contribution in [1.82, 2.24) is 4.98 Å². The highest BCUT2D eigenvalue weighted by Gasteiger charge is 2.18. The van der Waals surface area contributed by atoms with E-state index in [0.29, 0.717) is 11.4 Å². The lowest BCUT2D eigenvalue weighted by molar-refractivity contribution is -0.138. The molecule has 1 unspecified atom stereocenters. The molecule has 1 aromatic rings. The Morgan fingerprint density at radius 1 is 1.69 bits per heavy atom. The second kappa shape index (κ2) is 3.89. The lowest BCUT2D eigenvalue weighted by atomic mass is 10.0. The third-order valence-corrected chi connectivity index (χ3v) is 1.83. The van der Waals surface area contributed by atoms with Crippen LogP contribution in [0.1, 0.15) is 18.4 Å². The van der Waals surface area contributed by atoms with Crippen LogP contribution in [0.15, 0.2) is 18.3 Å². The number of hydrogen-bond acceptors (Lipinski definition) is 3. The van der Waals surface area contributed by atoms with Crippen LogP contribution >= 0.6 is 0 Å². The molecule has 0 radical (unpaired) electrons. The average molecular weight is 181 g/mol. The van der Waals surface area contributed by atoms with Gasteiger partial charge in [-0.2, -0.15) is 0 Å². The average Bonchev–Trinajstić information content (AvgIpc) is 2.16. The van der Waals surface area contributed by atoms with Crippen LogP contribution in [0.25, 0.3) is 0 Å². The predicted molar refractivity (Wildman–Crippen MR) is 46.8 cm³/mol. The Kier molecular flexibility index (Phi) is 2.84. The van der Waals surface area contributed by atoms with Crippen molar-refractivity contribution in [2.45, 2.75) is 12.8 Å². The largest absolute Gasteiger partial charge is 0.481 e. The van der Waals surface area contributed by atoms with Gasteiger partial charge in [-0.15, -0.1) is 0 Å². The lowest BCUT2D eigenvalue weighted by Gasteiger charge is -2.09. The Morgan fingerprint density at radius 3 is 2.92 bits per heavy atom. The van der Waals surface area contributed by atoms with E-state index in [1.54, 1.807) is 25.3 Å². The lowest BCUT2D eigenvalue weighted by Crippen LogP contribution is -2.09. The Labute approximate surface area is 76.2 Å². The summed E-state index contributed by atoms with van der Waals surface area (Å²) in [5.74, 6) is -1.10. The van der Waals surface area contributed by atoms with Gasteiger partial charge in [-0.3, -0.25) is 4.79 Å². The molecular weight excluding hydrogens is 170 g/mol. The number of methoxy groups -OCH3 is 1. The van der Waals surface area contributed by atoms with Gasteiger partial charge in [-0.25, -0.2) is 4.98 Å². The second-order valence-electron chi connectivity index (χ2n) is 2.66. The van der Waals surface area contributed by atoms with E-state index < -0.39 is 11.9 Å². The van der Waals surface area contributed by atoms with Gasteiger partial charge in [0, 0.05) is 11.8 Å². The van der Waals surface area contributed by atoms with Crippen LogP contribution in [0.5, 0.6) is 5.88 Å². The van der Waals surface area contributed by atoms with Gasteiger partial charge in [0.15, 0.2) is 0 Å². The van der Waals surface area contributed by atoms with Gasteiger partial charge in [-0.05, 0) is 13.0 Å². The standard InChI is InChI=1S/C9H11NO3/c1-6(9(11)12)7-4-3-5-10-8(7)13-2/h3-6H,1-2H3,(H,11,12). The van der Waals surface area contributed by atoms with Gasteiger partial charge in [0.05, 0.1) is 13.0 Å². The molecule has 4 nitrogen and oxygen atoms in total. The molecule has 4 heteroatoms. The molecule has 0 aromatic carbocycles. The summed E-state index contributed by atoms with van der Waals surface area (Å²) in [7, 11) is 1.47. The maximum absolute atomic E-state index is 10.7. The minimum Gasteiger partial charge on any atom is -0.481 e. The van der Waals surface area contributed by atoms with E-state index in [2.05, 4.69) is 4.98 Å². The van der Waals surface area contributed by atoms with Crippen molar-refractivity contribution < 1.29 is 14.6 Å². The minimum absolute atomic E-state index is 0.373. The number of pyridine rings is 1. The predicted octanol–water partition coefficient (Wildman–Crippen LogP) is 1.28. The summed E-state index contributed by atoms with van der Waals surface area (Å²) in [6.07, 6.45) is 1.57. The van der Waals surface area contributed by atoms with E-state index >= 15 is 0 Å². The Bertz CT molecular complexity index is 311. The van der Waals surface area contributed by atoms with Crippen LogP contribution in [0, 0.1) is 0 Å². The molecule has 0 saturated heterocycles. The van der Waals surface area contributed by atoms with Gasteiger partial charge in [-0.1, -0.05) is 6.07 Å². The zero-order chi connectivity index (χ0) is 9.84. The Hall–Kier alpha value is -1.58. The molecule has 0 aliphatic heterocycles. The maximum atomic E-state index is 10.7. The molecule has 13 heavy (non-hydrogen) atoms. The summed E-state index contributed by atoms with van der Waals surface area (Å²) >= 11 is 0. The molecule has 0 fully saturated rings. The fourth-order valence-corrected chi connectivity index (χ4v) is 1.04. The topological polar surface area (TPSA) is 59.4 Å². The molecule has 1 atom stereocenters. The van der Waals surface area contributed by atoms with Crippen LogP contribution in [-0.4, -0.2) is 23.2 Å². The maximum Gasteiger partial charge on any atom is 0.310 e. The summed E-state index contributed by atoms with van der Waals surface area (Å²) in [4.78, 5) is 14.6. The number of hydrogen-bond donors (Lipinski definition) is 1. The summed E-state index contributed by atoms with van der Waals surface area (Å²) in [6, 6.07) is 3.39. The number of carbonyl (C=O) groups is 1. The summed E-state index contributed by atoms with van der Waals surface area (Å²) < 4.78 is 4.94. The quantitative estimate of drug-likeness (QED) is 0.763. The first-order chi connectivity index (χ1) is 6.16. The molecule has 0 aliphatic carbocycles. The van der Waals surface area contributed by atoms with Crippen molar-refractivity contribution in [2.24, 2.45) is 0 Å². The van der Waals surface area contributed by atoms with Crippen molar-refractivity contribution in [1.29, 1.82) is 0 Å². The normalized spacial score (nSPS) is 12.2. The number of aliphatic carboxylic acids is 1. The van der Waals surface area contributed by atoms with Gasteiger partial charge in [0.2, 0.25) is 5.88 Å². The van der Waals surface area contributed by atoms with E-state index in [1.807, 2.05) is 0 Å². The summed E-state index contributed by atoms with van der Waals surface area (Å²) in [5, 5.41) is 8.77. The van der Waals surface area contributed by atoms with Gasteiger partial charge in [0.1, 0.15) is 0 Å². The molecule has 70 valence electrons. The number of carboxylic acid groups (broad SMARTS) is 1. The van der Waals surface area contributed by atoms with E-state index in [0.717, 1.165) is 0 Å². The fourth-order valence-electron chi connectivity index (χ4n) is 1.04. The van der Waals surface area contributed by atoms with Gasteiger partial charge >= 0.3 is 5.97 Å². The molecule has 0 aliphatic rings. The number of ether oxygens (including phenoxy) is 1. The molecule has 0 spiro atoms. The van der Waals surface area contributed by atoms with Gasteiger partial charge in [0.25, 0.3) is 0 Å². The van der Waals surface area contributed by atoms with Gasteiger partial charge < -0.3 is 9.84 Å². The Balaban J connectivity index is 3.05. The molecule has 0 bridgehead atoms. The third-order valence-electron chi connectivity index (χ3n) is 1.83. The van der Waals surface area contributed by atoms with Crippen molar-refractivity contribution in [3.63, 3.8) is 0 Å². The summed E-state index contributed by atoms with van der Waals surface area (Å²) in [5.41, 5.74) is 0.595. The number of aromatic nitrogens is 1. The number of nitrogens with zero attached hydrogens (tertiary/aromatic N) is 1. The van der Waals surface area contributed by atoms with E-state index in [9.17, 15) is 4.79 Å². The van der Waals surface area contributed by atoms with Crippen molar-refractivity contribution in [3.8, 4) is 5.88 Å².